The summed E-state index contributed by atoms with van der Waals surface area (Å²) in [5.74, 6) is 0.0597. The van der Waals surface area contributed by atoms with Crippen molar-refractivity contribution < 1.29 is 4.79 Å². The zero-order chi connectivity index (χ0) is 14.0. The minimum absolute atomic E-state index is 0.0597. The summed E-state index contributed by atoms with van der Waals surface area (Å²) in [5, 5.41) is 0. The van der Waals surface area contributed by atoms with Crippen molar-refractivity contribution in [3.05, 3.63) is 35.4 Å². The summed E-state index contributed by atoms with van der Waals surface area (Å²) < 4.78 is 0. The van der Waals surface area contributed by atoms with Gasteiger partial charge in [0.2, 0.25) is 0 Å². The molecule has 0 radical (unpaired) electrons. The molecule has 0 spiro atoms. The van der Waals surface area contributed by atoms with Crippen molar-refractivity contribution in [2.24, 2.45) is 0 Å². The van der Waals surface area contributed by atoms with Crippen LogP contribution in [0.4, 0.5) is 11.4 Å². The maximum atomic E-state index is 12.4. The molecule has 1 aromatic rings. The van der Waals surface area contributed by atoms with Crippen molar-refractivity contribution in [1.82, 2.24) is 4.90 Å². The number of nitrogens with zero attached hydrogens (tertiary/aromatic N) is 2. The molecular formula is C15H21N3O. The Bertz CT molecular complexity index is 520. The third-order valence-corrected chi connectivity index (χ3v) is 3.38. The molecule has 0 aromatic heterocycles. The number of benzene rings is 1. The summed E-state index contributed by atoms with van der Waals surface area (Å²) in [6.07, 6.45) is 3.12. The van der Waals surface area contributed by atoms with Gasteiger partial charge >= 0.3 is 0 Å². The third kappa shape index (κ3) is 2.89. The molecule has 2 rings (SSSR count). The number of carbonyl (C=O) groups excluding carboxylic acids is 1. The number of hydrogen-bond acceptors (Lipinski definition) is 3. The lowest BCUT2D eigenvalue weighted by Crippen LogP contribution is -2.35. The predicted molar refractivity (Wildman–Crippen MR) is 79.5 cm³/mol. The van der Waals surface area contributed by atoms with E-state index in [9.17, 15) is 4.79 Å². The first-order chi connectivity index (χ1) is 8.99. The normalized spacial score (nSPS) is 15.1. The molecule has 102 valence electrons. The van der Waals surface area contributed by atoms with Crippen LogP contribution in [-0.4, -0.2) is 38.0 Å². The van der Waals surface area contributed by atoms with E-state index in [2.05, 4.69) is 13.0 Å². The van der Waals surface area contributed by atoms with Crippen LogP contribution in [0.5, 0.6) is 0 Å². The lowest BCUT2D eigenvalue weighted by atomic mass is 10.1. The lowest BCUT2D eigenvalue weighted by Gasteiger charge is -2.26. The van der Waals surface area contributed by atoms with Crippen molar-refractivity contribution in [2.45, 2.75) is 13.3 Å². The maximum absolute atomic E-state index is 12.4. The second-order valence-electron chi connectivity index (χ2n) is 5.23. The van der Waals surface area contributed by atoms with Gasteiger partial charge in [0.05, 0.1) is 11.4 Å². The summed E-state index contributed by atoms with van der Waals surface area (Å²) >= 11 is 0. The van der Waals surface area contributed by atoms with Crippen LogP contribution in [0.3, 0.4) is 0 Å². The van der Waals surface area contributed by atoms with E-state index in [4.69, 9.17) is 5.73 Å². The Morgan fingerprint density at radius 2 is 2.11 bits per heavy atom. The number of nitrogens with two attached hydrogens (primary N) is 1. The zero-order valence-electron chi connectivity index (χ0n) is 11.8. The molecular weight excluding hydrogens is 238 g/mol. The van der Waals surface area contributed by atoms with E-state index >= 15 is 0 Å². The minimum Gasteiger partial charge on any atom is -0.397 e. The number of anilines is 2. The van der Waals surface area contributed by atoms with E-state index in [-0.39, 0.29) is 5.91 Å². The van der Waals surface area contributed by atoms with Gasteiger partial charge in [0.15, 0.2) is 0 Å². The Kier molecular flexibility index (Phi) is 3.79. The Morgan fingerprint density at radius 3 is 2.68 bits per heavy atom. The van der Waals surface area contributed by atoms with Gasteiger partial charge in [-0.05, 0) is 31.5 Å². The number of carbonyl (C=O) groups is 1. The van der Waals surface area contributed by atoms with Crippen molar-refractivity contribution in [3.8, 4) is 0 Å². The molecule has 0 bridgehead atoms. The molecule has 0 saturated heterocycles. The number of rotatable bonds is 2. The van der Waals surface area contributed by atoms with Gasteiger partial charge in [-0.25, -0.2) is 0 Å². The SMILES string of the molecule is CC1=CCCN(C(=O)c2ccc(N(C)C)c(N)c2)C1. The Balaban J connectivity index is 2.20. The summed E-state index contributed by atoms with van der Waals surface area (Å²) in [7, 11) is 3.87. The van der Waals surface area contributed by atoms with Crippen LogP contribution in [0.25, 0.3) is 0 Å². The molecule has 4 heteroatoms. The number of hydrogen-bond donors (Lipinski definition) is 1. The summed E-state index contributed by atoms with van der Waals surface area (Å²) in [6.45, 7) is 3.56. The van der Waals surface area contributed by atoms with Crippen molar-refractivity contribution in [3.63, 3.8) is 0 Å². The van der Waals surface area contributed by atoms with E-state index < -0.39 is 0 Å². The largest absolute Gasteiger partial charge is 0.397 e. The van der Waals surface area contributed by atoms with E-state index in [0.29, 0.717) is 17.8 Å². The average Bonchev–Trinajstić information content (AvgIpc) is 2.37. The van der Waals surface area contributed by atoms with Crippen LogP contribution >= 0.6 is 0 Å². The van der Waals surface area contributed by atoms with E-state index in [1.54, 1.807) is 6.07 Å². The van der Waals surface area contributed by atoms with Crippen LogP contribution in [0.15, 0.2) is 29.8 Å². The highest BCUT2D eigenvalue weighted by Crippen LogP contribution is 2.23. The molecule has 0 unspecified atom stereocenters. The first-order valence-electron chi connectivity index (χ1n) is 6.51. The fourth-order valence-electron chi connectivity index (χ4n) is 2.36. The molecule has 0 fully saturated rings. The van der Waals surface area contributed by atoms with Crippen molar-refractivity contribution in [1.29, 1.82) is 0 Å². The van der Waals surface area contributed by atoms with Crippen LogP contribution in [0, 0.1) is 0 Å². The third-order valence-electron chi connectivity index (χ3n) is 3.38. The number of amides is 1. The first-order valence-corrected chi connectivity index (χ1v) is 6.51. The Hall–Kier alpha value is -1.97. The Labute approximate surface area is 114 Å². The monoisotopic (exact) mass is 259 g/mol. The molecule has 4 nitrogen and oxygen atoms in total. The quantitative estimate of drug-likeness (QED) is 0.654. The maximum Gasteiger partial charge on any atom is 0.254 e. The second kappa shape index (κ2) is 5.34. The molecule has 1 amide bonds. The average molecular weight is 259 g/mol. The Morgan fingerprint density at radius 1 is 1.37 bits per heavy atom. The second-order valence-corrected chi connectivity index (χ2v) is 5.23. The summed E-state index contributed by atoms with van der Waals surface area (Å²) in [5.41, 5.74) is 9.48. The van der Waals surface area contributed by atoms with Gasteiger partial charge in [0.1, 0.15) is 0 Å². The molecule has 1 aliphatic rings. The van der Waals surface area contributed by atoms with Crippen LogP contribution in [0.2, 0.25) is 0 Å². The minimum atomic E-state index is 0.0597. The highest BCUT2D eigenvalue weighted by molar-refractivity contribution is 5.96. The molecule has 0 saturated carbocycles. The van der Waals surface area contributed by atoms with E-state index in [0.717, 1.165) is 18.7 Å². The standard InChI is InChI=1S/C15H21N3O/c1-11-5-4-8-18(10-11)15(19)12-6-7-14(17(2)3)13(16)9-12/h5-7,9H,4,8,10,16H2,1-3H3. The molecule has 1 heterocycles. The van der Waals surface area contributed by atoms with Gasteiger partial charge < -0.3 is 15.5 Å². The highest BCUT2D eigenvalue weighted by atomic mass is 16.2. The van der Waals surface area contributed by atoms with Crippen molar-refractivity contribution >= 4 is 17.3 Å². The van der Waals surface area contributed by atoms with Gasteiger partial charge in [0.25, 0.3) is 5.91 Å². The van der Waals surface area contributed by atoms with Crippen LogP contribution in [0.1, 0.15) is 23.7 Å². The van der Waals surface area contributed by atoms with E-state index in [1.807, 2.05) is 36.0 Å². The van der Waals surface area contributed by atoms with Gasteiger partial charge in [-0.3, -0.25) is 4.79 Å². The fraction of sp³-hybridized carbons (Fsp3) is 0.400. The topological polar surface area (TPSA) is 49.6 Å². The van der Waals surface area contributed by atoms with Crippen LogP contribution < -0.4 is 10.6 Å². The smallest absolute Gasteiger partial charge is 0.254 e. The molecule has 0 aliphatic carbocycles. The highest BCUT2D eigenvalue weighted by Gasteiger charge is 2.18. The number of nitrogen functional groups attached to an aromatic ring is 1. The summed E-state index contributed by atoms with van der Waals surface area (Å²) in [4.78, 5) is 16.2. The predicted octanol–water partition coefficient (Wildman–Crippen LogP) is 2.13. The first kappa shape index (κ1) is 13.5. The summed E-state index contributed by atoms with van der Waals surface area (Å²) in [6, 6.07) is 5.52. The molecule has 1 aromatic carbocycles. The van der Waals surface area contributed by atoms with Gasteiger partial charge in [-0.2, -0.15) is 0 Å². The van der Waals surface area contributed by atoms with Gasteiger partial charge in [-0.1, -0.05) is 11.6 Å². The lowest BCUT2D eigenvalue weighted by molar-refractivity contribution is 0.0766. The molecule has 1 aliphatic heterocycles. The zero-order valence-corrected chi connectivity index (χ0v) is 11.8. The van der Waals surface area contributed by atoms with Gasteiger partial charge in [-0.15, -0.1) is 0 Å². The van der Waals surface area contributed by atoms with Crippen LogP contribution in [-0.2, 0) is 0 Å². The molecule has 0 atom stereocenters. The fourth-order valence-corrected chi connectivity index (χ4v) is 2.36. The van der Waals surface area contributed by atoms with Gasteiger partial charge in [0, 0.05) is 32.7 Å². The van der Waals surface area contributed by atoms with Crippen molar-refractivity contribution in [2.75, 3.05) is 37.8 Å². The molecule has 2 N–H and O–H groups in total. The van der Waals surface area contributed by atoms with E-state index in [1.165, 1.54) is 5.57 Å². The molecule has 19 heavy (non-hydrogen) atoms.